The number of nitrogens with one attached hydrogen (secondary N) is 1. The summed E-state index contributed by atoms with van der Waals surface area (Å²) in [6.45, 7) is 7.96. The molecule has 1 spiro atoms. The van der Waals surface area contributed by atoms with E-state index in [1.54, 1.807) is 0 Å². The number of hydrogen-bond donors (Lipinski definition) is 1. The molecule has 3 fully saturated rings. The van der Waals surface area contributed by atoms with Crippen LogP contribution >= 0.6 is 24.8 Å². The van der Waals surface area contributed by atoms with Gasteiger partial charge in [-0.05, 0) is 57.6 Å². The number of carbonyl (C=O) groups is 1. The maximum absolute atomic E-state index is 12.4. The molecule has 158 valence electrons. The van der Waals surface area contributed by atoms with Crippen LogP contribution in [-0.2, 0) is 16.1 Å². The van der Waals surface area contributed by atoms with Crippen molar-refractivity contribution >= 4 is 30.8 Å². The largest absolute Gasteiger partial charge is 0.461 e. The first kappa shape index (κ1) is 23.4. The third-order valence-corrected chi connectivity index (χ3v) is 6.14. The van der Waals surface area contributed by atoms with Gasteiger partial charge in [-0.3, -0.25) is 19.6 Å². The van der Waals surface area contributed by atoms with E-state index in [1.807, 2.05) is 12.3 Å². The Morgan fingerprint density at radius 3 is 2.61 bits per heavy atom. The van der Waals surface area contributed by atoms with Crippen LogP contribution in [0.5, 0.6) is 0 Å². The Bertz CT molecular complexity index is 613. The Morgan fingerprint density at radius 2 is 1.86 bits per heavy atom. The van der Waals surface area contributed by atoms with Crippen molar-refractivity contribution in [2.45, 2.75) is 38.3 Å². The van der Waals surface area contributed by atoms with E-state index in [2.05, 4.69) is 32.2 Å². The second kappa shape index (κ2) is 10.7. The van der Waals surface area contributed by atoms with Crippen molar-refractivity contribution in [2.24, 2.45) is 5.41 Å². The zero-order valence-corrected chi connectivity index (χ0v) is 18.0. The average Bonchev–Trinajstić information content (AvgIpc) is 2.82. The van der Waals surface area contributed by atoms with E-state index in [0.717, 1.165) is 83.7 Å². The molecule has 4 heterocycles. The van der Waals surface area contributed by atoms with Crippen LogP contribution in [-0.4, -0.2) is 72.7 Å². The van der Waals surface area contributed by atoms with Crippen molar-refractivity contribution in [1.82, 2.24) is 20.1 Å². The van der Waals surface area contributed by atoms with E-state index in [0.29, 0.717) is 0 Å². The van der Waals surface area contributed by atoms with Gasteiger partial charge in [0.2, 0.25) is 0 Å². The van der Waals surface area contributed by atoms with Crippen molar-refractivity contribution in [3.8, 4) is 0 Å². The lowest BCUT2D eigenvalue weighted by atomic mass is 9.76. The molecular formula is C20H32Cl2N4O2. The van der Waals surface area contributed by atoms with E-state index in [9.17, 15) is 4.79 Å². The van der Waals surface area contributed by atoms with E-state index < -0.39 is 0 Å². The molecule has 0 aromatic carbocycles. The smallest absolute Gasteiger partial charge is 0.312 e. The van der Waals surface area contributed by atoms with Crippen molar-refractivity contribution in [3.05, 3.63) is 30.1 Å². The molecule has 0 aliphatic carbocycles. The molecule has 28 heavy (non-hydrogen) atoms. The molecule has 1 aromatic rings. The number of hydrogen-bond acceptors (Lipinski definition) is 6. The van der Waals surface area contributed by atoms with Crippen LogP contribution in [0, 0.1) is 5.41 Å². The molecule has 1 unspecified atom stereocenters. The predicted molar refractivity (Wildman–Crippen MR) is 114 cm³/mol. The Morgan fingerprint density at radius 1 is 1.11 bits per heavy atom. The summed E-state index contributed by atoms with van der Waals surface area (Å²) in [5.74, 6) is 0.0515. The molecule has 3 aliphatic heterocycles. The Balaban J connectivity index is 0.00000140. The van der Waals surface area contributed by atoms with Crippen LogP contribution in [0.3, 0.4) is 0 Å². The zero-order valence-electron chi connectivity index (χ0n) is 16.3. The van der Waals surface area contributed by atoms with E-state index in [1.165, 1.54) is 0 Å². The van der Waals surface area contributed by atoms with Crippen molar-refractivity contribution in [2.75, 3.05) is 45.8 Å². The predicted octanol–water partition coefficient (Wildman–Crippen LogP) is 2.12. The summed E-state index contributed by atoms with van der Waals surface area (Å²) in [6.07, 6.45) is 5.86. The minimum absolute atomic E-state index is 0. The van der Waals surface area contributed by atoms with Gasteiger partial charge in [-0.15, -0.1) is 24.8 Å². The second-order valence-electron chi connectivity index (χ2n) is 8.01. The first-order valence-electron chi connectivity index (χ1n) is 10.00. The highest BCUT2D eigenvalue weighted by atomic mass is 35.5. The monoisotopic (exact) mass is 430 g/mol. The molecule has 8 heteroatoms. The maximum Gasteiger partial charge on any atom is 0.312 e. The number of carbonyl (C=O) groups excluding carboxylic acids is 1. The van der Waals surface area contributed by atoms with E-state index >= 15 is 0 Å². The number of nitrogens with zero attached hydrogens (tertiary/aromatic N) is 3. The minimum Gasteiger partial charge on any atom is -0.461 e. The molecule has 0 bridgehead atoms. The van der Waals surface area contributed by atoms with Gasteiger partial charge < -0.3 is 10.1 Å². The standard InChI is InChI=1S/C20H30N4O2.2ClH/c25-19-20(5-8-21-9-6-20)14-18(26-19)16-24-11-3-10-23(12-13-24)15-17-4-1-2-7-22-17;;/h1-2,4,7,18,21H,3,5-6,8-16H2;2*1H. The lowest BCUT2D eigenvalue weighted by Crippen LogP contribution is -2.40. The Labute approximate surface area is 180 Å². The average molecular weight is 431 g/mol. The number of rotatable bonds is 4. The Kier molecular flexibility index (Phi) is 8.96. The third-order valence-electron chi connectivity index (χ3n) is 6.14. The summed E-state index contributed by atoms with van der Waals surface area (Å²) in [7, 11) is 0. The number of cyclic esters (lactones) is 1. The summed E-state index contributed by atoms with van der Waals surface area (Å²) in [5.41, 5.74) is 0.936. The summed E-state index contributed by atoms with van der Waals surface area (Å²) < 4.78 is 5.79. The fourth-order valence-electron chi connectivity index (χ4n) is 4.63. The summed E-state index contributed by atoms with van der Waals surface area (Å²) >= 11 is 0. The number of piperidine rings is 1. The molecule has 1 N–H and O–H groups in total. The van der Waals surface area contributed by atoms with Crippen LogP contribution < -0.4 is 5.32 Å². The maximum atomic E-state index is 12.4. The summed E-state index contributed by atoms with van der Waals surface area (Å²) in [5, 5.41) is 3.36. The van der Waals surface area contributed by atoms with Crippen LogP contribution in [0.1, 0.15) is 31.4 Å². The number of halogens is 2. The molecule has 3 saturated heterocycles. The molecule has 0 saturated carbocycles. The van der Waals surface area contributed by atoms with Crippen molar-refractivity contribution in [1.29, 1.82) is 0 Å². The molecule has 0 radical (unpaired) electrons. The van der Waals surface area contributed by atoms with Crippen LogP contribution in [0.25, 0.3) is 0 Å². The lowest BCUT2D eigenvalue weighted by Gasteiger charge is -2.29. The summed E-state index contributed by atoms with van der Waals surface area (Å²) in [4.78, 5) is 21.9. The van der Waals surface area contributed by atoms with Gasteiger partial charge in [0.05, 0.1) is 11.1 Å². The quantitative estimate of drug-likeness (QED) is 0.738. The highest BCUT2D eigenvalue weighted by Crippen LogP contribution is 2.41. The number of ether oxygens (including phenoxy) is 1. The van der Waals surface area contributed by atoms with Gasteiger partial charge in [0.25, 0.3) is 0 Å². The van der Waals surface area contributed by atoms with Gasteiger partial charge in [-0.1, -0.05) is 6.07 Å². The second-order valence-corrected chi connectivity index (χ2v) is 8.01. The summed E-state index contributed by atoms with van der Waals surface area (Å²) in [6, 6.07) is 6.11. The van der Waals surface area contributed by atoms with Gasteiger partial charge in [0, 0.05) is 38.8 Å². The highest BCUT2D eigenvalue weighted by molar-refractivity contribution is 5.85. The molecule has 3 aliphatic rings. The van der Waals surface area contributed by atoms with Gasteiger partial charge in [-0.2, -0.15) is 0 Å². The lowest BCUT2D eigenvalue weighted by molar-refractivity contribution is -0.150. The number of esters is 1. The third kappa shape index (κ3) is 5.57. The number of pyridine rings is 1. The Hall–Kier alpha value is -0.920. The number of aromatic nitrogens is 1. The zero-order chi connectivity index (χ0) is 17.8. The molecule has 1 aromatic heterocycles. The van der Waals surface area contributed by atoms with E-state index in [4.69, 9.17) is 4.74 Å². The fourth-order valence-corrected chi connectivity index (χ4v) is 4.63. The molecular weight excluding hydrogens is 399 g/mol. The van der Waals surface area contributed by atoms with Gasteiger partial charge in [0.1, 0.15) is 6.10 Å². The SMILES string of the molecule is Cl.Cl.O=C1OC(CN2CCCN(Cc3ccccn3)CC2)CC12CCNCC2. The van der Waals surface area contributed by atoms with Crippen molar-refractivity contribution < 1.29 is 9.53 Å². The molecule has 1 atom stereocenters. The minimum atomic E-state index is -0.202. The highest BCUT2D eigenvalue weighted by Gasteiger charge is 2.49. The first-order valence-corrected chi connectivity index (χ1v) is 10.00. The van der Waals surface area contributed by atoms with Crippen LogP contribution in [0.4, 0.5) is 0 Å². The molecule has 0 amide bonds. The van der Waals surface area contributed by atoms with Crippen LogP contribution in [0.2, 0.25) is 0 Å². The van der Waals surface area contributed by atoms with Gasteiger partial charge in [0.15, 0.2) is 0 Å². The van der Waals surface area contributed by atoms with Crippen molar-refractivity contribution in [3.63, 3.8) is 0 Å². The normalized spacial score (nSPS) is 25.4. The first-order chi connectivity index (χ1) is 12.7. The molecule has 6 nitrogen and oxygen atoms in total. The van der Waals surface area contributed by atoms with Gasteiger partial charge in [-0.25, -0.2) is 0 Å². The van der Waals surface area contributed by atoms with E-state index in [-0.39, 0.29) is 42.3 Å². The van der Waals surface area contributed by atoms with Crippen LogP contribution in [0.15, 0.2) is 24.4 Å². The molecule has 4 rings (SSSR count). The topological polar surface area (TPSA) is 57.7 Å². The fraction of sp³-hybridized carbons (Fsp3) is 0.700. The van der Waals surface area contributed by atoms with Gasteiger partial charge >= 0.3 is 5.97 Å².